The highest BCUT2D eigenvalue weighted by atomic mass is 16.5. The molecule has 2 aromatic carbocycles. The van der Waals surface area contributed by atoms with Crippen LogP contribution in [0.25, 0.3) is 0 Å². The number of unbranched alkanes of at least 4 members (excludes halogenated alkanes) is 15. The minimum absolute atomic E-state index is 0.0884. The van der Waals surface area contributed by atoms with Gasteiger partial charge in [-0.25, -0.2) is 0 Å². The number of fused-ring (bicyclic) bond motifs is 2. The number of ether oxygens (including phenoxy) is 1. The molecule has 0 saturated carbocycles. The number of ketones is 2. The molecule has 0 N–H and O–H groups in total. The van der Waals surface area contributed by atoms with Crippen LogP contribution in [0.3, 0.4) is 0 Å². The van der Waals surface area contributed by atoms with Gasteiger partial charge in [0.1, 0.15) is 0 Å². The van der Waals surface area contributed by atoms with Crippen molar-refractivity contribution in [3.63, 3.8) is 0 Å². The molecule has 254 valence electrons. The van der Waals surface area contributed by atoms with Crippen molar-refractivity contribution < 1.29 is 19.1 Å². The van der Waals surface area contributed by atoms with Gasteiger partial charge in [0.05, 0.1) is 12.5 Å². The van der Waals surface area contributed by atoms with Crippen molar-refractivity contribution in [1.82, 2.24) is 0 Å². The molecule has 0 spiro atoms. The Morgan fingerprint density at radius 3 is 1.61 bits per heavy atom. The summed E-state index contributed by atoms with van der Waals surface area (Å²) >= 11 is 0. The van der Waals surface area contributed by atoms with E-state index in [1.54, 1.807) is 30.3 Å². The summed E-state index contributed by atoms with van der Waals surface area (Å²) in [6.45, 7) is 11.3. The van der Waals surface area contributed by atoms with Crippen molar-refractivity contribution in [3.8, 4) is 0 Å². The first-order valence-corrected chi connectivity index (χ1v) is 18.7. The number of carbonyl (C=O) groups excluding carboxylic acids is 3. The molecule has 4 nitrogen and oxygen atoms in total. The van der Waals surface area contributed by atoms with Crippen molar-refractivity contribution in [2.45, 2.75) is 156 Å². The van der Waals surface area contributed by atoms with Gasteiger partial charge in [-0.05, 0) is 48.3 Å². The monoisotopic (exact) mass is 630 g/mol. The second-order valence-electron chi connectivity index (χ2n) is 14.7. The van der Waals surface area contributed by atoms with Crippen LogP contribution in [-0.2, 0) is 14.9 Å². The smallest absolute Gasteiger partial charge is 0.309 e. The van der Waals surface area contributed by atoms with Crippen LogP contribution in [0.2, 0.25) is 0 Å². The molecule has 1 aliphatic rings. The molecule has 0 radical (unpaired) electrons. The highest BCUT2D eigenvalue weighted by molar-refractivity contribution is 6.28. The number of rotatable bonds is 23. The molecular formula is C42H62O4. The molecule has 1 aliphatic carbocycles. The summed E-state index contributed by atoms with van der Waals surface area (Å²) < 4.78 is 5.77. The lowest BCUT2D eigenvalue weighted by Crippen LogP contribution is -2.27. The van der Waals surface area contributed by atoms with E-state index in [0.717, 1.165) is 31.2 Å². The lowest BCUT2D eigenvalue weighted by atomic mass is 9.74. The van der Waals surface area contributed by atoms with Gasteiger partial charge in [0, 0.05) is 22.3 Å². The largest absolute Gasteiger partial charge is 0.465 e. The molecule has 0 aromatic heterocycles. The summed E-state index contributed by atoms with van der Waals surface area (Å²) in [6.07, 6.45) is 22.7. The van der Waals surface area contributed by atoms with Gasteiger partial charge < -0.3 is 4.74 Å². The van der Waals surface area contributed by atoms with Crippen LogP contribution in [0, 0.1) is 11.8 Å². The van der Waals surface area contributed by atoms with Crippen LogP contribution < -0.4 is 0 Å². The molecule has 2 aromatic rings. The summed E-state index contributed by atoms with van der Waals surface area (Å²) in [4.78, 5) is 39.4. The summed E-state index contributed by atoms with van der Waals surface area (Å²) in [5.74, 6) is -0.252. The molecule has 0 aliphatic heterocycles. The first-order chi connectivity index (χ1) is 22.2. The fourth-order valence-electron chi connectivity index (χ4n) is 6.83. The Morgan fingerprint density at radius 1 is 0.652 bits per heavy atom. The SMILES string of the molecule is CCCCCCCCCCCCCCCCCCOC(=O)C(CCC(C)(C)c1ccc2c(c1)C(=O)c1ccccc1C2=O)C(C)C. The van der Waals surface area contributed by atoms with Crippen molar-refractivity contribution >= 4 is 17.5 Å². The van der Waals surface area contributed by atoms with Gasteiger partial charge in [-0.1, -0.05) is 161 Å². The highest BCUT2D eigenvalue weighted by Crippen LogP contribution is 2.36. The quantitative estimate of drug-likeness (QED) is 0.0772. The third-order valence-electron chi connectivity index (χ3n) is 10.1. The van der Waals surface area contributed by atoms with E-state index in [2.05, 4.69) is 34.6 Å². The maximum atomic E-state index is 13.3. The average Bonchev–Trinajstić information content (AvgIpc) is 3.04. The Hall–Kier alpha value is -2.75. The summed E-state index contributed by atoms with van der Waals surface area (Å²) in [5.41, 5.74) is 2.65. The summed E-state index contributed by atoms with van der Waals surface area (Å²) in [7, 11) is 0. The van der Waals surface area contributed by atoms with Gasteiger partial charge in [-0.2, -0.15) is 0 Å². The van der Waals surface area contributed by atoms with Gasteiger partial charge in [-0.3, -0.25) is 14.4 Å². The number of hydrogen-bond donors (Lipinski definition) is 0. The van der Waals surface area contributed by atoms with Crippen LogP contribution in [0.5, 0.6) is 0 Å². The van der Waals surface area contributed by atoms with Crippen LogP contribution in [-0.4, -0.2) is 24.1 Å². The Kier molecular flexibility index (Phi) is 16.2. The lowest BCUT2D eigenvalue weighted by molar-refractivity contribution is -0.150. The van der Waals surface area contributed by atoms with E-state index in [9.17, 15) is 14.4 Å². The molecule has 3 rings (SSSR count). The minimum Gasteiger partial charge on any atom is -0.465 e. The van der Waals surface area contributed by atoms with E-state index < -0.39 is 0 Å². The molecule has 0 bridgehead atoms. The van der Waals surface area contributed by atoms with Crippen LogP contribution in [0.1, 0.15) is 188 Å². The van der Waals surface area contributed by atoms with Crippen molar-refractivity contribution in [1.29, 1.82) is 0 Å². The van der Waals surface area contributed by atoms with Gasteiger partial charge in [-0.15, -0.1) is 0 Å². The van der Waals surface area contributed by atoms with E-state index in [0.29, 0.717) is 28.9 Å². The Morgan fingerprint density at radius 2 is 1.11 bits per heavy atom. The molecule has 4 heteroatoms. The first kappa shape index (κ1) is 37.7. The molecule has 46 heavy (non-hydrogen) atoms. The topological polar surface area (TPSA) is 60.4 Å². The third kappa shape index (κ3) is 11.5. The van der Waals surface area contributed by atoms with E-state index in [1.165, 1.54) is 89.9 Å². The van der Waals surface area contributed by atoms with Crippen LogP contribution in [0.15, 0.2) is 42.5 Å². The van der Waals surface area contributed by atoms with Gasteiger partial charge in [0.2, 0.25) is 0 Å². The van der Waals surface area contributed by atoms with Crippen molar-refractivity contribution in [2.24, 2.45) is 11.8 Å². The normalized spacial score (nSPS) is 13.5. The van der Waals surface area contributed by atoms with E-state index in [4.69, 9.17) is 4.74 Å². The van der Waals surface area contributed by atoms with Crippen molar-refractivity contribution in [3.05, 3.63) is 70.3 Å². The number of hydrogen-bond acceptors (Lipinski definition) is 4. The second kappa shape index (κ2) is 19.8. The van der Waals surface area contributed by atoms with Gasteiger partial charge in [0.15, 0.2) is 11.6 Å². The molecule has 0 fully saturated rings. The zero-order chi connectivity index (χ0) is 33.4. The third-order valence-corrected chi connectivity index (χ3v) is 10.1. The highest BCUT2D eigenvalue weighted by Gasteiger charge is 2.33. The van der Waals surface area contributed by atoms with Crippen LogP contribution >= 0.6 is 0 Å². The predicted octanol–water partition coefficient (Wildman–Crippen LogP) is 11.6. The van der Waals surface area contributed by atoms with E-state index in [-0.39, 0.29) is 34.8 Å². The predicted molar refractivity (Wildman–Crippen MR) is 191 cm³/mol. The number of benzene rings is 2. The minimum atomic E-state index is -0.267. The number of carbonyl (C=O) groups is 3. The standard InChI is InChI=1S/C42H62O4/c1-6-7-8-9-10-11-12-13-14-15-16-17-18-19-20-23-30-46-41(45)34(32(2)3)28-29-42(4,5)33-26-27-37-38(31-33)40(44)36-25-22-21-24-35(36)39(37)43/h21-22,24-27,31-32,34H,6-20,23,28-30H2,1-5H3. The zero-order valence-corrected chi connectivity index (χ0v) is 29.8. The molecule has 1 atom stereocenters. The zero-order valence-electron chi connectivity index (χ0n) is 29.8. The molecule has 0 saturated heterocycles. The summed E-state index contributed by atoms with van der Waals surface area (Å²) in [6, 6.07) is 12.7. The lowest BCUT2D eigenvalue weighted by Gasteiger charge is -2.30. The van der Waals surface area contributed by atoms with E-state index >= 15 is 0 Å². The Balaban J connectivity index is 1.32. The molecule has 0 amide bonds. The van der Waals surface area contributed by atoms with Crippen LogP contribution in [0.4, 0.5) is 0 Å². The molecule has 1 unspecified atom stereocenters. The maximum Gasteiger partial charge on any atom is 0.309 e. The van der Waals surface area contributed by atoms with Gasteiger partial charge in [0.25, 0.3) is 0 Å². The second-order valence-corrected chi connectivity index (χ2v) is 14.7. The maximum absolute atomic E-state index is 13.3. The number of esters is 1. The molecule has 0 heterocycles. The summed E-state index contributed by atoms with van der Waals surface area (Å²) in [5, 5.41) is 0. The average molecular weight is 631 g/mol. The van der Waals surface area contributed by atoms with Gasteiger partial charge >= 0.3 is 5.97 Å². The Labute approximate surface area is 280 Å². The fraction of sp³-hybridized carbons (Fsp3) is 0.643. The fourth-order valence-corrected chi connectivity index (χ4v) is 6.83. The first-order valence-electron chi connectivity index (χ1n) is 18.7. The van der Waals surface area contributed by atoms with Crippen molar-refractivity contribution in [2.75, 3.05) is 6.61 Å². The Bertz CT molecular complexity index is 1240. The molecular weight excluding hydrogens is 568 g/mol. The van der Waals surface area contributed by atoms with E-state index in [1.807, 2.05) is 12.1 Å².